The molecule has 0 radical (unpaired) electrons. The fraction of sp³-hybridized carbons (Fsp3) is 0.118. The molecule has 0 atom stereocenters. The molecule has 0 saturated carbocycles. The molecule has 1 N–H and O–H groups in total. The third kappa shape index (κ3) is 3.19. The second kappa shape index (κ2) is 5.67. The largest absolute Gasteiger partial charge is 0.416 e. The van der Waals surface area contributed by atoms with Gasteiger partial charge in [-0.15, -0.1) is 0 Å². The number of alkyl halides is 3. The zero-order chi connectivity index (χ0) is 15.6. The Kier molecular flexibility index (Phi) is 3.71. The lowest BCUT2D eigenvalue weighted by molar-refractivity contribution is -0.137. The van der Waals surface area contributed by atoms with Gasteiger partial charge < -0.3 is 4.98 Å². The topological polar surface area (TPSA) is 28.7 Å². The Morgan fingerprint density at radius 1 is 1.05 bits per heavy atom. The highest BCUT2D eigenvalue weighted by atomic mass is 19.4. The van der Waals surface area contributed by atoms with E-state index in [1.807, 2.05) is 42.5 Å². The first-order valence-electron chi connectivity index (χ1n) is 6.80. The van der Waals surface area contributed by atoms with Crippen LogP contribution < -0.4 is 0 Å². The van der Waals surface area contributed by atoms with Gasteiger partial charge in [0.25, 0.3) is 0 Å². The summed E-state index contributed by atoms with van der Waals surface area (Å²) in [5.74, 6) is 0.640. The van der Waals surface area contributed by atoms with E-state index in [1.165, 1.54) is 6.07 Å². The smallest absolute Gasteiger partial charge is 0.342 e. The van der Waals surface area contributed by atoms with Crippen molar-refractivity contribution in [2.24, 2.45) is 0 Å². The Bertz CT molecular complexity index is 802. The molecule has 112 valence electrons. The number of allylic oxidation sites excluding steroid dienone is 1. The second-order valence-corrected chi connectivity index (χ2v) is 4.93. The van der Waals surface area contributed by atoms with Crippen LogP contribution in [0.25, 0.3) is 17.1 Å². The lowest BCUT2D eigenvalue weighted by Gasteiger charge is -2.05. The Hall–Kier alpha value is -2.56. The van der Waals surface area contributed by atoms with Crippen LogP contribution >= 0.6 is 0 Å². The molecular formula is C17H13F3N2. The van der Waals surface area contributed by atoms with Crippen LogP contribution in [0.15, 0.2) is 54.6 Å². The van der Waals surface area contributed by atoms with Crippen LogP contribution in [0.4, 0.5) is 13.2 Å². The van der Waals surface area contributed by atoms with Gasteiger partial charge in [-0.3, -0.25) is 0 Å². The monoisotopic (exact) mass is 302 g/mol. The first kappa shape index (κ1) is 14.4. The second-order valence-electron chi connectivity index (χ2n) is 4.93. The van der Waals surface area contributed by atoms with Crippen molar-refractivity contribution < 1.29 is 13.2 Å². The van der Waals surface area contributed by atoms with Gasteiger partial charge in [0.1, 0.15) is 5.82 Å². The van der Waals surface area contributed by atoms with Crippen LogP contribution in [-0.4, -0.2) is 9.97 Å². The average Bonchev–Trinajstić information content (AvgIpc) is 2.89. The minimum absolute atomic E-state index is 0.401. The van der Waals surface area contributed by atoms with E-state index in [-0.39, 0.29) is 0 Å². The van der Waals surface area contributed by atoms with Gasteiger partial charge >= 0.3 is 6.18 Å². The maximum atomic E-state index is 12.7. The van der Waals surface area contributed by atoms with E-state index in [1.54, 1.807) is 0 Å². The molecule has 0 unspecified atom stereocenters. The third-order valence-electron chi connectivity index (χ3n) is 3.28. The first-order valence-corrected chi connectivity index (χ1v) is 6.80. The number of rotatable bonds is 3. The van der Waals surface area contributed by atoms with Crippen molar-refractivity contribution in [1.29, 1.82) is 0 Å². The number of hydrogen-bond donors (Lipinski definition) is 1. The molecule has 5 heteroatoms. The number of imidazole rings is 1. The molecule has 1 heterocycles. The summed E-state index contributed by atoms with van der Waals surface area (Å²) < 4.78 is 38.0. The Balaban J connectivity index is 1.79. The highest BCUT2D eigenvalue weighted by Gasteiger charge is 2.30. The predicted molar refractivity (Wildman–Crippen MR) is 80.3 cm³/mol. The summed E-state index contributed by atoms with van der Waals surface area (Å²) in [6, 6.07) is 13.3. The maximum absolute atomic E-state index is 12.7. The molecule has 0 aliphatic carbocycles. The number of fused-ring (bicyclic) bond motifs is 1. The van der Waals surface area contributed by atoms with Crippen LogP contribution in [0, 0.1) is 0 Å². The predicted octanol–water partition coefficient (Wildman–Crippen LogP) is 4.84. The van der Waals surface area contributed by atoms with Crippen molar-refractivity contribution in [1.82, 2.24) is 9.97 Å². The fourth-order valence-electron chi connectivity index (χ4n) is 2.21. The van der Waals surface area contributed by atoms with E-state index in [4.69, 9.17) is 0 Å². The van der Waals surface area contributed by atoms with Gasteiger partial charge in [-0.1, -0.05) is 42.5 Å². The van der Waals surface area contributed by atoms with E-state index in [2.05, 4.69) is 9.97 Å². The first-order chi connectivity index (χ1) is 10.5. The molecule has 0 fully saturated rings. The number of benzene rings is 2. The van der Waals surface area contributed by atoms with Gasteiger partial charge in [0, 0.05) is 6.42 Å². The van der Waals surface area contributed by atoms with Crippen molar-refractivity contribution in [3.05, 3.63) is 71.6 Å². The van der Waals surface area contributed by atoms with Crippen molar-refractivity contribution in [3.8, 4) is 0 Å². The fourth-order valence-corrected chi connectivity index (χ4v) is 2.21. The molecule has 2 aromatic carbocycles. The molecule has 0 saturated heterocycles. The van der Waals surface area contributed by atoms with Crippen LogP contribution in [0.5, 0.6) is 0 Å². The highest BCUT2D eigenvalue weighted by molar-refractivity contribution is 5.76. The number of aromatic nitrogens is 2. The maximum Gasteiger partial charge on any atom is 0.416 e. The molecule has 0 spiro atoms. The van der Waals surface area contributed by atoms with Crippen LogP contribution in [0.2, 0.25) is 0 Å². The van der Waals surface area contributed by atoms with E-state index in [0.717, 1.165) is 17.7 Å². The van der Waals surface area contributed by atoms with Crippen molar-refractivity contribution >= 4 is 17.1 Å². The normalized spacial score (nSPS) is 12.3. The van der Waals surface area contributed by atoms with Crippen LogP contribution in [0.1, 0.15) is 17.0 Å². The van der Waals surface area contributed by atoms with Crippen LogP contribution in [0.3, 0.4) is 0 Å². The number of nitrogens with zero attached hydrogens (tertiary/aromatic N) is 1. The molecule has 0 aliphatic rings. The Morgan fingerprint density at radius 2 is 1.82 bits per heavy atom. The van der Waals surface area contributed by atoms with Gasteiger partial charge in [-0.2, -0.15) is 13.2 Å². The van der Waals surface area contributed by atoms with Crippen LogP contribution in [-0.2, 0) is 12.6 Å². The molecule has 0 bridgehead atoms. The Labute approximate surface area is 125 Å². The van der Waals surface area contributed by atoms with Gasteiger partial charge in [-0.25, -0.2) is 4.98 Å². The van der Waals surface area contributed by atoms with Crippen molar-refractivity contribution in [3.63, 3.8) is 0 Å². The number of H-pyrrole nitrogens is 1. The summed E-state index contributed by atoms with van der Waals surface area (Å²) in [6.07, 6.45) is 0.0731. The average molecular weight is 302 g/mol. The molecule has 1 aromatic heterocycles. The minimum atomic E-state index is -4.34. The summed E-state index contributed by atoms with van der Waals surface area (Å²) >= 11 is 0. The van der Waals surface area contributed by atoms with E-state index in [9.17, 15) is 13.2 Å². The molecule has 0 amide bonds. The molecule has 3 aromatic rings. The SMILES string of the molecule is FC(F)(F)c1ccc2nc(C/C=C/c3ccccc3)[nH]c2c1. The van der Waals surface area contributed by atoms with E-state index in [0.29, 0.717) is 23.3 Å². The number of hydrogen-bond acceptors (Lipinski definition) is 1. The summed E-state index contributed by atoms with van der Waals surface area (Å²) in [5.41, 5.74) is 1.34. The summed E-state index contributed by atoms with van der Waals surface area (Å²) in [4.78, 5) is 7.22. The minimum Gasteiger partial charge on any atom is -0.342 e. The molecule has 2 nitrogen and oxygen atoms in total. The third-order valence-corrected chi connectivity index (χ3v) is 3.28. The van der Waals surface area contributed by atoms with Gasteiger partial charge in [0.15, 0.2) is 0 Å². The standard InChI is InChI=1S/C17H13F3N2/c18-17(19,20)13-9-10-14-15(11-13)22-16(21-14)8-4-7-12-5-2-1-3-6-12/h1-7,9-11H,8H2,(H,21,22)/b7-4+. The van der Waals surface area contributed by atoms with Gasteiger partial charge in [0.05, 0.1) is 16.6 Å². The quantitative estimate of drug-likeness (QED) is 0.737. The summed E-state index contributed by atoms with van der Waals surface area (Å²) in [5, 5.41) is 0. The van der Waals surface area contributed by atoms with Gasteiger partial charge in [0.2, 0.25) is 0 Å². The summed E-state index contributed by atoms with van der Waals surface area (Å²) in [6.45, 7) is 0. The molecule has 22 heavy (non-hydrogen) atoms. The number of aromatic amines is 1. The Morgan fingerprint density at radius 3 is 2.55 bits per heavy atom. The molecular weight excluding hydrogens is 289 g/mol. The number of halogens is 3. The number of nitrogens with one attached hydrogen (secondary N) is 1. The summed E-state index contributed by atoms with van der Waals surface area (Å²) in [7, 11) is 0. The molecule has 0 aliphatic heterocycles. The van der Waals surface area contributed by atoms with Crippen molar-refractivity contribution in [2.45, 2.75) is 12.6 Å². The van der Waals surface area contributed by atoms with Gasteiger partial charge in [-0.05, 0) is 23.8 Å². The van der Waals surface area contributed by atoms with Crippen molar-refractivity contribution in [2.75, 3.05) is 0 Å². The lowest BCUT2D eigenvalue weighted by Crippen LogP contribution is -2.04. The van der Waals surface area contributed by atoms with E-state index < -0.39 is 11.7 Å². The lowest BCUT2D eigenvalue weighted by atomic mass is 10.2. The molecule has 3 rings (SSSR count). The highest BCUT2D eigenvalue weighted by Crippen LogP contribution is 2.30. The zero-order valence-electron chi connectivity index (χ0n) is 11.6. The van der Waals surface area contributed by atoms with E-state index >= 15 is 0 Å². The zero-order valence-corrected chi connectivity index (χ0v) is 11.6.